The Balaban J connectivity index is 1.42. The van der Waals surface area contributed by atoms with Gasteiger partial charge in [-0.3, -0.25) is 14.7 Å². The summed E-state index contributed by atoms with van der Waals surface area (Å²) in [5.74, 6) is 0. The molecule has 4 nitrogen and oxygen atoms in total. The summed E-state index contributed by atoms with van der Waals surface area (Å²) in [5.41, 5.74) is 2.47. The fourth-order valence-electron chi connectivity index (χ4n) is 4.02. The summed E-state index contributed by atoms with van der Waals surface area (Å²) in [4.78, 5) is 7.04. The number of likely N-dealkylation sites (N-methyl/N-ethyl adjacent to an activating group) is 1. The molecule has 5 heteroatoms. The smallest absolute Gasteiger partial charge is 0.0793 e. The van der Waals surface area contributed by atoms with Crippen molar-refractivity contribution in [3.8, 4) is 0 Å². The van der Waals surface area contributed by atoms with E-state index in [4.69, 9.17) is 11.6 Å². The van der Waals surface area contributed by atoms with E-state index in [1.165, 1.54) is 11.1 Å². The summed E-state index contributed by atoms with van der Waals surface area (Å²) in [6, 6.07) is 18.8. The van der Waals surface area contributed by atoms with E-state index in [2.05, 4.69) is 65.1 Å². The van der Waals surface area contributed by atoms with Gasteiger partial charge in [-0.15, -0.1) is 0 Å². The molecular weight excluding hydrogens is 370 g/mol. The average Bonchev–Trinajstić information content (AvgIpc) is 2.69. The molecule has 2 aromatic rings. The maximum atomic E-state index is 10.5. The zero-order valence-electron chi connectivity index (χ0n) is 17.0. The van der Waals surface area contributed by atoms with Gasteiger partial charge in [-0.05, 0) is 31.2 Å². The lowest BCUT2D eigenvalue weighted by Crippen LogP contribution is -2.50. The molecule has 1 saturated heterocycles. The van der Waals surface area contributed by atoms with Gasteiger partial charge in [0.25, 0.3) is 0 Å². The normalized spacial score (nSPS) is 18.3. The van der Waals surface area contributed by atoms with Gasteiger partial charge in [-0.2, -0.15) is 0 Å². The standard InChI is InChI=1S/C23H32ClN3O/c1-19(22-10-6-7-11-23(22)24)27-14-12-26(13-15-27)18-21(28)17-25(2)16-20-8-4-3-5-9-20/h3-11,19,21,28H,12-18H2,1-2H3. The Morgan fingerprint density at radius 1 is 1.00 bits per heavy atom. The highest BCUT2D eigenvalue weighted by Gasteiger charge is 2.24. The predicted molar refractivity (Wildman–Crippen MR) is 117 cm³/mol. The predicted octanol–water partition coefficient (Wildman–Crippen LogP) is 3.51. The molecule has 1 heterocycles. The molecule has 0 aliphatic carbocycles. The van der Waals surface area contributed by atoms with Crippen molar-refractivity contribution >= 4 is 11.6 Å². The molecule has 2 unspecified atom stereocenters. The molecule has 0 spiro atoms. The van der Waals surface area contributed by atoms with Crippen LogP contribution in [0.4, 0.5) is 0 Å². The van der Waals surface area contributed by atoms with Gasteiger partial charge in [-0.25, -0.2) is 0 Å². The second-order valence-corrected chi connectivity index (χ2v) is 8.28. The minimum atomic E-state index is -0.332. The topological polar surface area (TPSA) is 30.0 Å². The van der Waals surface area contributed by atoms with Crippen molar-refractivity contribution in [2.24, 2.45) is 0 Å². The van der Waals surface area contributed by atoms with Crippen LogP contribution in [0.1, 0.15) is 24.1 Å². The van der Waals surface area contributed by atoms with Gasteiger partial charge in [0.2, 0.25) is 0 Å². The van der Waals surface area contributed by atoms with Gasteiger partial charge in [0.05, 0.1) is 6.10 Å². The Labute approximate surface area is 174 Å². The minimum absolute atomic E-state index is 0.317. The number of benzene rings is 2. The minimum Gasteiger partial charge on any atom is -0.390 e. The van der Waals surface area contributed by atoms with Gasteiger partial charge < -0.3 is 5.11 Å². The summed E-state index contributed by atoms with van der Waals surface area (Å²) in [6.45, 7) is 8.46. The van der Waals surface area contributed by atoms with E-state index in [1.807, 2.05) is 18.2 Å². The van der Waals surface area contributed by atoms with Crippen LogP contribution in [0, 0.1) is 0 Å². The third-order valence-corrected chi connectivity index (χ3v) is 5.94. The van der Waals surface area contributed by atoms with Gasteiger partial charge >= 0.3 is 0 Å². The molecular formula is C23H32ClN3O. The van der Waals surface area contributed by atoms with Crippen LogP contribution < -0.4 is 0 Å². The van der Waals surface area contributed by atoms with Crippen molar-refractivity contribution in [2.45, 2.75) is 25.6 Å². The number of halogens is 1. The van der Waals surface area contributed by atoms with Crippen molar-refractivity contribution < 1.29 is 5.11 Å². The fraction of sp³-hybridized carbons (Fsp3) is 0.478. The monoisotopic (exact) mass is 401 g/mol. The van der Waals surface area contributed by atoms with Crippen molar-refractivity contribution in [2.75, 3.05) is 46.3 Å². The van der Waals surface area contributed by atoms with Crippen LogP contribution in [0.3, 0.4) is 0 Å². The number of aliphatic hydroxyl groups excluding tert-OH is 1. The molecule has 28 heavy (non-hydrogen) atoms. The lowest BCUT2D eigenvalue weighted by atomic mass is 10.1. The molecule has 152 valence electrons. The first-order valence-corrected chi connectivity index (χ1v) is 10.5. The largest absolute Gasteiger partial charge is 0.390 e. The highest BCUT2D eigenvalue weighted by atomic mass is 35.5. The molecule has 1 N–H and O–H groups in total. The SMILES string of the molecule is CC(c1ccccc1Cl)N1CCN(CC(O)CN(C)Cc2ccccc2)CC1. The quantitative estimate of drug-likeness (QED) is 0.733. The van der Waals surface area contributed by atoms with Crippen molar-refractivity contribution in [1.29, 1.82) is 0 Å². The summed E-state index contributed by atoms with van der Waals surface area (Å²) in [6.07, 6.45) is -0.332. The zero-order chi connectivity index (χ0) is 19.9. The van der Waals surface area contributed by atoms with Crippen LogP contribution in [0.2, 0.25) is 5.02 Å². The number of hydrogen-bond donors (Lipinski definition) is 1. The molecule has 1 fully saturated rings. The first kappa shape index (κ1) is 21.3. The van der Waals surface area contributed by atoms with Crippen LogP contribution in [-0.2, 0) is 6.54 Å². The average molecular weight is 402 g/mol. The van der Waals surface area contributed by atoms with Crippen molar-refractivity contribution in [3.63, 3.8) is 0 Å². The maximum absolute atomic E-state index is 10.5. The van der Waals surface area contributed by atoms with Crippen molar-refractivity contribution in [1.82, 2.24) is 14.7 Å². The van der Waals surface area contributed by atoms with E-state index >= 15 is 0 Å². The molecule has 0 saturated carbocycles. The molecule has 0 amide bonds. The van der Waals surface area contributed by atoms with E-state index in [0.717, 1.165) is 44.3 Å². The Morgan fingerprint density at radius 3 is 2.32 bits per heavy atom. The zero-order valence-corrected chi connectivity index (χ0v) is 17.7. The molecule has 0 bridgehead atoms. The Bertz CT molecular complexity index is 719. The van der Waals surface area contributed by atoms with E-state index in [1.54, 1.807) is 0 Å². The van der Waals surface area contributed by atoms with Crippen LogP contribution >= 0.6 is 11.6 Å². The van der Waals surface area contributed by atoms with Crippen LogP contribution in [0.5, 0.6) is 0 Å². The first-order chi connectivity index (χ1) is 13.5. The molecule has 0 radical (unpaired) electrons. The van der Waals surface area contributed by atoms with E-state index < -0.39 is 0 Å². The van der Waals surface area contributed by atoms with Gasteiger partial charge in [0, 0.05) is 56.9 Å². The molecule has 2 atom stereocenters. The fourth-order valence-corrected chi connectivity index (χ4v) is 4.31. The van der Waals surface area contributed by atoms with E-state index in [9.17, 15) is 5.11 Å². The maximum Gasteiger partial charge on any atom is 0.0793 e. The molecule has 1 aliphatic rings. The molecule has 0 aromatic heterocycles. The van der Waals surface area contributed by atoms with Gasteiger partial charge in [0.15, 0.2) is 0 Å². The molecule has 3 rings (SSSR count). The first-order valence-electron chi connectivity index (χ1n) is 10.1. The third-order valence-electron chi connectivity index (χ3n) is 5.60. The van der Waals surface area contributed by atoms with Crippen LogP contribution in [0.15, 0.2) is 54.6 Å². The van der Waals surface area contributed by atoms with Crippen LogP contribution in [0.25, 0.3) is 0 Å². The molecule has 2 aromatic carbocycles. The number of β-amino-alcohol motifs (C(OH)–C–C–N with tert-alkyl or cyclic N) is 1. The van der Waals surface area contributed by atoms with Gasteiger partial charge in [0.1, 0.15) is 0 Å². The van der Waals surface area contributed by atoms with Crippen molar-refractivity contribution in [3.05, 3.63) is 70.7 Å². The number of rotatable bonds is 8. The van der Waals surface area contributed by atoms with E-state index in [-0.39, 0.29) is 6.10 Å². The van der Waals surface area contributed by atoms with Crippen LogP contribution in [-0.4, -0.2) is 72.2 Å². The Morgan fingerprint density at radius 2 is 1.64 bits per heavy atom. The lowest BCUT2D eigenvalue weighted by Gasteiger charge is -2.39. The summed E-state index contributed by atoms with van der Waals surface area (Å²) < 4.78 is 0. The summed E-state index contributed by atoms with van der Waals surface area (Å²) in [7, 11) is 2.07. The highest BCUT2D eigenvalue weighted by Crippen LogP contribution is 2.27. The lowest BCUT2D eigenvalue weighted by molar-refractivity contribution is 0.0449. The third kappa shape index (κ3) is 6.03. The second-order valence-electron chi connectivity index (χ2n) is 7.87. The highest BCUT2D eigenvalue weighted by molar-refractivity contribution is 6.31. The Kier molecular flexibility index (Phi) is 7.89. The van der Waals surface area contributed by atoms with E-state index in [0.29, 0.717) is 12.6 Å². The molecule has 1 aliphatic heterocycles. The Hall–Kier alpha value is -1.43. The number of nitrogens with zero attached hydrogens (tertiary/aromatic N) is 3. The van der Waals surface area contributed by atoms with Gasteiger partial charge in [-0.1, -0.05) is 60.1 Å². The number of aliphatic hydroxyl groups is 1. The summed E-state index contributed by atoms with van der Waals surface area (Å²) >= 11 is 6.37. The number of piperazine rings is 1. The second kappa shape index (κ2) is 10.4. The number of hydrogen-bond acceptors (Lipinski definition) is 4. The summed E-state index contributed by atoms with van der Waals surface area (Å²) in [5, 5.41) is 11.4.